The molecule has 4 nitrogen and oxygen atoms in total. The molecule has 100 valence electrons. The van der Waals surface area contributed by atoms with Gasteiger partial charge in [-0.25, -0.2) is 0 Å². The fourth-order valence-electron chi connectivity index (χ4n) is 1.77. The van der Waals surface area contributed by atoms with Crippen LogP contribution < -0.4 is 4.74 Å². The van der Waals surface area contributed by atoms with Crippen LogP contribution in [-0.4, -0.2) is 36.7 Å². The van der Waals surface area contributed by atoms with Crippen LogP contribution in [0.5, 0.6) is 5.75 Å². The second kappa shape index (κ2) is 7.01. The van der Waals surface area contributed by atoms with Gasteiger partial charge in [0.25, 0.3) is 0 Å². The van der Waals surface area contributed by atoms with Crippen molar-refractivity contribution in [1.82, 2.24) is 4.90 Å². The van der Waals surface area contributed by atoms with Gasteiger partial charge in [-0.2, -0.15) is 0 Å². The number of benzene rings is 1. The van der Waals surface area contributed by atoms with E-state index in [9.17, 15) is 4.79 Å². The largest absolute Gasteiger partial charge is 0.494 e. The summed E-state index contributed by atoms with van der Waals surface area (Å²) in [5, 5.41) is 8.91. The zero-order valence-corrected chi connectivity index (χ0v) is 11.2. The number of aliphatic carboxylic acids is 1. The molecule has 0 aliphatic heterocycles. The van der Waals surface area contributed by atoms with Crippen LogP contribution in [0.1, 0.15) is 31.4 Å². The minimum Gasteiger partial charge on any atom is -0.494 e. The van der Waals surface area contributed by atoms with Gasteiger partial charge in [0.05, 0.1) is 13.0 Å². The summed E-state index contributed by atoms with van der Waals surface area (Å²) in [6, 6.07) is 7.53. The Kier molecular flexibility index (Phi) is 5.65. The smallest absolute Gasteiger partial charge is 0.305 e. The molecule has 1 atom stereocenters. The fraction of sp³-hybridized carbons (Fsp3) is 0.500. The van der Waals surface area contributed by atoms with Crippen molar-refractivity contribution in [2.24, 2.45) is 0 Å². The second-order valence-electron chi connectivity index (χ2n) is 4.49. The van der Waals surface area contributed by atoms with Crippen molar-refractivity contribution in [1.29, 1.82) is 0 Å². The van der Waals surface area contributed by atoms with Crippen LogP contribution in [0.25, 0.3) is 0 Å². The Morgan fingerprint density at radius 2 is 1.94 bits per heavy atom. The molecule has 1 rings (SSSR count). The Balaban J connectivity index is 2.77. The van der Waals surface area contributed by atoms with E-state index in [1.54, 1.807) is 0 Å². The third-order valence-electron chi connectivity index (χ3n) is 2.73. The summed E-state index contributed by atoms with van der Waals surface area (Å²) in [4.78, 5) is 12.8. The fourth-order valence-corrected chi connectivity index (χ4v) is 1.77. The third kappa shape index (κ3) is 4.37. The van der Waals surface area contributed by atoms with Crippen LogP contribution in [0.2, 0.25) is 0 Å². The number of rotatable bonds is 7. The molecule has 4 heteroatoms. The minimum absolute atomic E-state index is 0.0994. The predicted molar refractivity (Wildman–Crippen MR) is 70.9 cm³/mol. The van der Waals surface area contributed by atoms with Gasteiger partial charge in [-0.15, -0.1) is 0 Å². The molecule has 0 heterocycles. The first-order chi connectivity index (χ1) is 8.54. The normalized spacial score (nSPS) is 12.4. The van der Waals surface area contributed by atoms with E-state index < -0.39 is 5.97 Å². The van der Waals surface area contributed by atoms with Crippen LogP contribution in [0, 0.1) is 0 Å². The SMILES string of the molecule is CCCOc1ccc(C(CC(=O)O)N(C)C)cc1. The average Bonchev–Trinajstić information content (AvgIpc) is 2.34. The number of hydrogen-bond acceptors (Lipinski definition) is 3. The number of carboxylic acids is 1. The van der Waals surface area contributed by atoms with Gasteiger partial charge in [0.2, 0.25) is 0 Å². The van der Waals surface area contributed by atoms with Gasteiger partial charge >= 0.3 is 5.97 Å². The maximum absolute atomic E-state index is 10.8. The van der Waals surface area contributed by atoms with Gasteiger partial charge in [0.1, 0.15) is 5.75 Å². The van der Waals surface area contributed by atoms with Crippen molar-refractivity contribution >= 4 is 5.97 Å². The van der Waals surface area contributed by atoms with E-state index in [-0.39, 0.29) is 12.5 Å². The first kappa shape index (κ1) is 14.5. The number of carboxylic acid groups (broad SMARTS) is 1. The van der Waals surface area contributed by atoms with Gasteiger partial charge in [-0.1, -0.05) is 19.1 Å². The van der Waals surface area contributed by atoms with Crippen LogP contribution in [0.3, 0.4) is 0 Å². The van der Waals surface area contributed by atoms with Crippen LogP contribution in [0.4, 0.5) is 0 Å². The zero-order chi connectivity index (χ0) is 13.5. The van der Waals surface area contributed by atoms with Crippen LogP contribution in [0.15, 0.2) is 24.3 Å². The van der Waals surface area contributed by atoms with E-state index >= 15 is 0 Å². The van der Waals surface area contributed by atoms with Gasteiger partial charge in [-0.05, 0) is 38.2 Å². The number of ether oxygens (including phenoxy) is 1. The monoisotopic (exact) mass is 251 g/mol. The lowest BCUT2D eigenvalue weighted by Gasteiger charge is -2.23. The highest BCUT2D eigenvalue weighted by atomic mass is 16.5. The maximum Gasteiger partial charge on any atom is 0.305 e. The second-order valence-corrected chi connectivity index (χ2v) is 4.49. The minimum atomic E-state index is -0.792. The lowest BCUT2D eigenvalue weighted by atomic mass is 10.0. The highest BCUT2D eigenvalue weighted by molar-refractivity contribution is 5.68. The van der Waals surface area contributed by atoms with E-state index in [2.05, 4.69) is 6.92 Å². The first-order valence-electron chi connectivity index (χ1n) is 6.15. The summed E-state index contributed by atoms with van der Waals surface area (Å²) in [6.45, 7) is 2.76. The Hall–Kier alpha value is -1.55. The number of carbonyl (C=O) groups is 1. The molecule has 18 heavy (non-hydrogen) atoms. The molecular formula is C14H21NO3. The molecule has 1 N–H and O–H groups in total. The van der Waals surface area contributed by atoms with Gasteiger partial charge in [-0.3, -0.25) is 4.79 Å². The maximum atomic E-state index is 10.8. The van der Waals surface area contributed by atoms with Crippen molar-refractivity contribution in [3.63, 3.8) is 0 Å². The lowest BCUT2D eigenvalue weighted by Crippen LogP contribution is -2.22. The van der Waals surface area contributed by atoms with E-state index in [1.807, 2.05) is 43.3 Å². The summed E-state index contributed by atoms with van der Waals surface area (Å²) in [5.74, 6) is 0.0356. The molecule has 0 saturated heterocycles. The zero-order valence-electron chi connectivity index (χ0n) is 11.2. The Morgan fingerprint density at radius 3 is 2.39 bits per heavy atom. The molecule has 0 aromatic heterocycles. The topological polar surface area (TPSA) is 49.8 Å². The Morgan fingerprint density at radius 1 is 1.33 bits per heavy atom. The number of hydrogen-bond donors (Lipinski definition) is 1. The lowest BCUT2D eigenvalue weighted by molar-refractivity contribution is -0.138. The van der Waals surface area contributed by atoms with Gasteiger partial charge < -0.3 is 14.7 Å². The molecule has 0 aliphatic carbocycles. The van der Waals surface area contributed by atoms with E-state index in [0.717, 1.165) is 17.7 Å². The molecule has 1 unspecified atom stereocenters. The molecule has 0 spiro atoms. The summed E-state index contributed by atoms with van der Waals surface area (Å²) in [6.07, 6.45) is 1.07. The van der Waals surface area contributed by atoms with Crippen molar-refractivity contribution in [3.8, 4) is 5.75 Å². The van der Waals surface area contributed by atoms with E-state index in [1.165, 1.54) is 0 Å². The molecule has 0 bridgehead atoms. The predicted octanol–water partition coefficient (Wildman–Crippen LogP) is 2.55. The molecule has 0 radical (unpaired) electrons. The average molecular weight is 251 g/mol. The highest BCUT2D eigenvalue weighted by Gasteiger charge is 2.17. The Bertz CT molecular complexity index is 373. The third-order valence-corrected chi connectivity index (χ3v) is 2.73. The van der Waals surface area contributed by atoms with Crippen molar-refractivity contribution in [2.45, 2.75) is 25.8 Å². The van der Waals surface area contributed by atoms with E-state index in [4.69, 9.17) is 9.84 Å². The molecule has 0 saturated carbocycles. The Labute approximate surface area is 108 Å². The number of nitrogens with zero attached hydrogens (tertiary/aromatic N) is 1. The molecule has 0 amide bonds. The molecule has 1 aromatic rings. The summed E-state index contributed by atoms with van der Waals surface area (Å²) in [7, 11) is 3.77. The van der Waals surface area contributed by atoms with Crippen molar-refractivity contribution in [3.05, 3.63) is 29.8 Å². The standard InChI is InChI=1S/C14H21NO3/c1-4-9-18-12-7-5-11(6-8-12)13(15(2)3)10-14(16)17/h5-8,13H,4,9-10H2,1-3H3,(H,16,17). The van der Waals surface area contributed by atoms with Crippen LogP contribution in [-0.2, 0) is 4.79 Å². The molecule has 0 fully saturated rings. The molecule has 1 aromatic carbocycles. The summed E-state index contributed by atoms with van der Waals surface area (Å²) in [5.41, 5.74) is 0.992. The van der Waals surface area contributed by atoms with Crippen molar-refractivity contribution in [2.75, 3.05) is 20.7 Å². The first-order valence-corrected chi connectivity index (χ1v) is 6.15. The van der Waals surface area contributed by atoms with Crippen LogP contribution >= 0.6 is 0 Å². The summed E-state index contributed by atoms with van der Waals surface area (Å²) >= 11 is 0. The van der Waals surface area contributed by atoms with E-state index in [0.29, 0.717) is 6.61 Å². The quantitative estimate of drug-likeness (QED) is 0.809. The molecular weight excluding hydrogens is 230 g/mol. The van der Waals surface area contributed by atoms with Gasteiger partial charge in [0, 0.05) is 6.04 Å². The van der Waals surface area contributed by atoms with Crippen molar-refractivity contribution < 1.29 is 14.6 Å². The van der Waals surface area contributed by atoms with Gasteiger partial charge in [0.15, 0.2) is 0 Å². The summed E-state index contributed by atoms with van der Waals surface area (Å²) < 4.78 is 5.50. The molecule has 0 aliphatic rings. The highest BCUT2D eigenvalue weighted by Crippen LogP contribution is 2.24.